The summed E-state index contributed by atoms with van der Waals surface area (Å²) in [5, 5.41) is 19.1. The first-order valence-corrected chi connectivity index (χ1v) is 8.66. The SMILES string of the molecule is CCOc1cccc(N2CC(O)=C(c3nc4ccc(OC)cc4[nH]3)C2=N)c1. The Bertz CT molecular complexity index is 1050. The summed E-state index contributed by atoms with van der Waals surface area (Å²) in [6.45, 7) is 2.70. The molecule has 3 N–H and O–H groups in total. The van der Waals surface area contributed by atoms with E-state index in [0.717, 1.165) is 22.5 Å². The minimum Gasteiger partial charge on any atom is -0.509 e. The van der Waals surface area contributed by atoms with Gasteiger partial charge in [0.2, 0.25) is 0 Å². The monoisotopic (exact) mass is 364 g/mol. The van der Waals surface area contributed by atoms with Crippen molar-refractivity contribution < 1.29 is 14.6 Å². The molecule has 0 saturated heterocycles. The van der Waals surface area contributed by atoms with Crippen molar-refractivity contribution in [3.8, 4) is 11.5 Å². The second-order valence-electron chi connectivity index (χ2n) is 6.16. The normalized spacial score (nSPS) is 14.3. The summed E-state index contributed by atoms with van der Waals surface area (Å²) in [6, 6.07) is 13.0. The number of ether oxygens (including phenoxy) is 2. The number of fused-ring (bicyclic) bond motifs is 1. The maximum atomic E-state index is 10.5. The van der Waals surface area contributed by atoms with Crippen LogP contribution in [0.5, 0.6) is 11.5 Å². The van der Waals surface area contributed by atoms with E-state index in [1.807, 2.05) is 49.4 Å². The Hall–Kier alpha value is -3.48. The van der Waals surface area contributed by atoms with Crippen LogP contribution in [0.25, 0.3) is 16.6 Å². The van der Waals surface area contributed by atoms with Crippen molar-refractivity contribution in [3.05, 3.63) is 54.0 Å². The minimum atomic E-state index is 0.104. The third-order valence-corrected chi connectivity index (χ3v) is 4.47. The second-order valence-corrected chi connectivity index (χ2v) is 6.16. The fraction of sp³-hybridized carbons (Fsp3) is 0.200. The van der Waals surface area contributed by atoms with Crippen LogP contribution in [0.3, 0.4) is 0 Å². The molecule has 0 saturated carbocycles. The fourth-order valence-corrected chi connectivity index (χ4v) is 3.19. The quantitative estimate of drug-likeness (QED) is 0.641. The molecule has 0 aliphatic carbocycles. The molecule has 0 unspecified atom stereocenters. The van der Waals surface area contributed by atoms with E-state index in [0.29, 0.717) is 23.8 Å². The third kappa shape index (κ3) is 2.97. The smallest absolute Gasteiger partial charge is 0.145 e. The second kappa shape index (κ2) is 6.68. The Morgan fingerprint density at radius 1 is 1.22 bits per heavy atom. The molecule has 1 aliphatic heterocycles. The number of hydrogen-bond donors (Lipinski definition) is 3. The molecule has 2 aromatic carbocycles. The van der Waals surface area contributed by atoms with Gasteiger partial charge < -0.3 is 24.5 Å². The Kier molecular flexibility index (Phi) is 4.19. The maximum Gasteiger partial charge on any atom is 0.145 e. The minimum absolute atomic E-state index is 0.104. The number of anilines is 1. The third-order valence-electron chi connectivity index (χ3n) is 4.47. The zero-order valence-electron chi connectivity index (χ0n) is 15.1. The van der Waals surface area contributed by atoms with Crippen LogP contribution >= 0.6 is 0 Å². The summed E-state index contributed by atoms with van der Waals surface area (Å²) in [4.78, 5) is 9.42. The molecular formula is C20H20N4O3. The van der Waals surface area contributed by atoms with Crippen molar-refractivity contribution in [2.75, 3.05) is 25.2 Å². The van der Waals surface area contributed by atoms with Crippen molar-refractivity contribution in [1.82, 2.24) is 9.97 Å². The van der Waals surface area contributed by atoms with Gasteiger partial charge in [-0.05, 0) is 31.2 Å². The lowest BCUT2D eigenvalue weighted by atomic mass is 10.2. The zero-order chi connectivity index (χ0) is 19.0. The number of nitrogens with one attached hydrogen (secondary N) is 2. The summed E-state index contributed by atoms with van der Waals surface area (Å²) in [5.41, 5.74) is 2.71. The number of imidazole rings is 1. The zero-order valence-corrected chi connectivity index (χ0v) is 15.1. The predicted molar refractivity (Wildman–Crippen MR) is 105 cm³/mol. The highest BCUT2D eigenvalue weighted by Gasteiger charge is 2.31. The lowest BCUT2D eigenvalue weighted by Crippen LogP contribution is -2.26. The number of methoxy groups -OCH3 is 1. The Morgan fingerprint density at radius 2 is 2.07 bits per heavy atom. The summed E-state index contributed by atoms with van der Waals surface area (Å²) in [7, 11) is 1.60. The molecule has 0 atom stereocenters. The lowest BCUT2D eigenvalue weighted by Gasteiger charge is -2.19. The van der Waals surface area contributed by atoms with Gasteiger partial charge >= 0.3 is 0 Å². The van der Waals surface area contributed by atoms with Gasteiger partial charge in [-0.2, -0.15) is 0 Å². The highest BCUT2D eigenvalue weighted by molar-refractivity contribution is 6.30. The summed E-state index contributed by atoms with van der Waals surface area (Å²) in [6.07, 6.45) is 0. The number of hydrogen-bond acceptors (Lipinski definition) is 5. The van der Waals surface area contributed by atoms with Crippen LogP contribution in [-0.2, 0) is 0 Å². The van der Waals surface area contributed by atoms with Gasteiger partial charge in [0, 0.05) is 17.8 Å². The summed E-state index contributed by atoms with van der Waals surface area (Å²) in [5.74, 6) is 2.20. The van der Waals surface area contributed by atoms with E-state index in [9.17, 15) is 5.11 Å². The lowest BCUT2D eigenvalue weighted by molar-refractivity contribution is 0.340. The summed E-state index contributed by atoms with van der Waals surface area (Å²) >= 11 is 0. The molecule has 7 nitrogen and oxygen atoms in total. The molecule has 0 amide bonds. The van der Waals surface area contributed by atoms with Gasteiger partial charge in [-0.3, -0.25) is 5.41 Å². The number of H-pyrrole nitrogens is 1. The molecule has 1 aromatic heterocycles. The van der Waals surface area contributed by atoms with Gasteiger partial charge in [0.05, 0.1) is 36.9 Å². The van der Waals surface area contributed by atoms with E-state index in [2.05, 4.69) is 9.97 Å². The number of rotatable bonds is 5. The number of aromatic nitrogens is 2. The number of benzene rings is 2. The molecule has 138 valence electrons. The number of amidine groups is 1. The van der Waals surface area contributed by atoms with Gasteiger partial charge in [-0.15, -0.1) is 0 Å². The molecule has 1 aliphatic rings. The molecule has 0 spiro atoms. The first-order chi connectivity index (χ1) is 13.1. The van der Waals surface area contributed by atoms with Crippen LogP contribution < -0.4 is 14.4 Å². The van der Waals surface area contributed by atoms with Gasteiger partial charge in [0.1, 0.15) is 28.9 Å². The number of nitrogens with zero attached hydrogens (tertiary/aromatic N) is 2. The Morgan fingerprint density at radius 3 is 2.85 bits per heavy atom. The van der Waals surface area contributed by atoms with Crippen LogP contribution in [0.15, 0.2) is 48.2 Å². The molecule has 0 bridgehead atoms. The molecule has 27 heavy (non-hydrogen) atoms. The number of aromatic amines is 1. The highest BCUT2D eigenvalue weighted by atomic mass is 16.5. The van der Waals surface area contributed by atoms with Crippen LogP contribution in [0.4, 0.5) is 5.69 Å². The van der Waals surface area contributed by atoms with E-state index >= 15 is 0 Å². The largest absolute Gasteiger partial charge is 0.509 e. The van der Waals surface area contributed by atoms with Crippen molar-refractivity contribution in [1.29, 1.82) is 5.41 Å². The van der Waals surface area contributed by atoms with Gasteiger partial charge in [-0.1, -0.05) is 6.07 Å². The highest BCUT2D eigenvalue weighted by Crippen LogP contribution is 2.32. The summed E-state index contributed by atoms with van der Waals surface area (Å²) < 4.78 is 10.8. The van der Waals surface area contributed by atoms with Crippen LogP contribution in [0.2, 0.25) is 0 Å². The molecular weight excluding hydrogens is 344 g/mol. The fourth-order valence-electron chi connectivity index (χ4n) is 3.19. The van der Waals surface area contributed by atoms with Crippen LogP contribution in [-0.4, -0.2) is 41.2 Å². The molecule has 0 fully saturated rings. The van der Waals surface area contributed by atoms with Crippen molar-refractivity contribution in [2.45, 2.75) is 6.92 Å². The van der Waals surface area contributed by atoms with E-state index in [1.165, 1.54) is 0 Å². The first-order valence-electron chi connectivity index (χ1n) is 8.66. The molecule has 2 heterocycles. The first kappa shape index (κ1) is 17.0. The van der Waals surface area contributed by atoms with E-state index < -0.39 is 0 Å². The maximum absolute atomic E-state index is 10.5. The molecule has 4 rings (SSSR count). The van der Waals surface area contributed by atoms with Crippen molar-refractivity contribution in [3.63, 3.8) is 0 Å². The number of aliphatic hydroxyl groups excluding tert-OH is 1. The standard InChI is InChI=1S/C20H20N4O3/c1-3-27-14-6-4-5-12(9-14)24-11-17(25)18(19(24)21)20-22-15-8-7-13(26-2)10-16(15)23-20/h4-10,21,25H,3,11H2,1-2H3,(H,22,23). The van der Waals surface area contributed by atoms with Crippen LogP contribution in [0.1, 0.15) is 12.7 Å². The Balaban J connectivity index is 1.67. The van der Waals surface area contributed by atoms with Crippen molar-refractivity contribution >= 4 is 28.1 Å². The van der Waals surface area contributed by atoms with Gasteiger partial charge in [0.15, 0.2) is 0 Å². The van der Waals surface area contributed by atoms with E-state index in [-0.39, 0.29) is 18.1 Å². The van der Waals surface area contributed by atoms with Crippen LogP contribution in [0, 0.1) is 5.41 Å². The Labute approximate surface area is 156 Å². The average molecular weight is 364 g/mol. The van der Waals surface area contributed by atoms with E-state index in [1.54, 1.807) is 12.0 Å². The van der Waals surface area contributed by atoms with E-state index in [4.69, 9.17) is 14.9 Å². The molecule has 7 heteroatoms. The topological polar surface area (TPSA) is 94.5 Å². The van der Waals surface area contributed by atoms with Gasteiger partial charge in [-0.25, -0.2) is 4.98 Å². The average Bonchev–Trinajstić information content (AvgIpc) is 3.21. The van der Waals surface area contributed by atoms with Crippen molar-refractivity contribution in [2.24, 2.45) is 0 Å². The number of aliphatic hydroxyl groups is 1. The molecule has 3 aromatic rings. The van der Waals surface area contributed by atoms with Gasteiger partial charge in [0.25, 0.3) is 0 Å². The predicted octanol–water partition coefficient (Wildman–Crippen LogP) is 3.74. The molecule has 0 radical (unpaired) electrons.